The van der Waals surface area contributed by atoms with Gasteiger partial charge in [-0.1, -0.05) is 0 Å². The molecule has 80 valence electrons. The molecule has 0 saturated carbocycles. The lowest BCUT2D eigenvalue weighted by Crippen LogP contribution is -1.93. The molecule has 0 amide bonds. The predicted octanol–water partition coefficient (Wildman–Crippen LogP) is 3.60. The Hall–Kier alpha value is -1.89. The molecule has 0 saturated heterocycles. The van der Waals surface area contributed by atoms with Crippen molar-refractivity contribution in [1.82, 2.24) is 0 Å². The van der Waals surface area contributed by atoms with Crippen LogP contribution >= 0.6 is 0 Å². The lowest BCUT2D eigenvalue weighted by Gasteiger charge is -2.04. The van der Waals surface area contributed by atoms with Crippen molar-refractivity contribution in [2.24, 2.45) is 0 Å². The molecule has 0 fully saturated rings. The summed E-state index contributed by atoms with van der Waals surface area (Å²) < 4.78 is 5.30. The van der Waals surface area contributed by atoms with Gasteiger partial charge in [-0.2, -0.15) is 0 Å². The summed E-state index contributed by atoms with van der Waals surface area (Å²) in [6.45, 7) is 2.08. The van der Waals surface area contributed by atoms with Crippen molar-refractivity contribution in [2.45, 2.75) is 6.92 Å². The fourth-order valence-corrected chi connectivity index (χ4v) is 1.74. The molecule has 1 heteroatoms. The standard InChI is InChI=1S/C15H15O/c1-12-14(9-6-10-15(12)16-2)11-13-7-4-3-5-8-13/h3-11H,1-2H3/q+1. The molecular formula is C15H15O+. The highest BCUT2D eigenvalue weighted by atomic mass is 16.5. The smallest absolute Gasteiger partial charge is 0.156 e. The summed E-state index contributed by atoms with van der Waals surface area (Å²) in [5.41, 5.74) is 3.58. The highest BCUT2D eigenvalue weighted by Crippen LogP contribution is 2.24. The molecule has 2 aromatic carbocycles. The zero-order valence-electron chi connectivity index (χ0n) is 9.60. The molecule has 0 aromatic heterocycles. The predicted molar refractivity (Wildman–Crippen MR) is 66.7 cm³/mol. The third-order valence-electron chi connectivity index (χ3n) is 2.67. The number of hydrogen-bond donors (Lipinski definition) is 0. The van der Waals surface area contributed by atoms with Crippen molar-refractivity contribution in [3.63, 3.8) is 0 Å². The van der Waals surface area contributed by atoms with Gasteiger partial charge in [-0.05, 0) is 37.3 Å². The van der Waals surface area contributed by atoms with E-state index < -0.39 is 0 Å². The first kappa shape index (κ1) is 10.6. The van der Waals surface area contributed by atoms with E-state index in [0.29, 0.717) is 0 Å². The lowest BCUT2D eigenvalue weighted by atomic mass is 10.00. The number of hydrogen-bond acceptors (Lipinski definition) is 1. The average molecular weight is 211 g/mol. The summed E-state index contributed by atoms with van der Waals surface area (Å²) in [6, 6.07) is 16.4. The van der Waals surface area contributed by atoms with Crippen LogP contribution in [0, 0.1) is 13.3 Å². The molecule has 0 aliphatic carbocycles. The topological polar surface area (TPSA) is 9.23 Å². The molecule has 0 unspecified atom stereocenters. The number of methoxy groups -OCH3 is 1. The van der Waals surface area contributed by atoms with Crippen LogP contribution < -0.4 is 4.74 Å². The maximum atomic E-state index is 5.30. The Kier molecular flexibility index (Phi) is 3.16. The SMILES string of the molecule is COc1cccc([CH+]c2ccccc2)c1C. The van der Waals surface area contributed by atoms with Gasteiger partial charge in [0.25, 0.3) is 0 Å². The molecule has 0 aliphatic heterocycles. The molecule has 0 heterocycles. The summed E-state index contributed by atoms with van der Waals surface area (Å²) in [5, 5.41) is 0. The molecule has 0 N–H and O–H groups in total. The Morgan fingerprint density at radius 3 is 2.38 bits per heavy atom. The minimum absolute atomic E-state index is 0.935. The normalized spacial score (nSPS) is 9.88. The van der Waals surface area contributed by atoms with Gasteiger partial charge in [0, 0.05) is 24.6 Å². The Bertz CT molecular complexity index is 460. The van der Waals surface area contributed by atoms with Crippen LogP contribution in [0.3, 0.4) is 0 Å². The van der Waals surface area contributed by atoms with E-state index in [1.54, 1.807) is 7.11 Å². The van der Waals surface area contributed by atoms with Crippen LogP contribution in [0.2, 0.25) is 0 Å². The van der Waals surface area contributed by atoms with Crippen LogP contribution in [0.1, 0.15) is 16.7 Å². The van der Waals surface area contributed by atoms with Crippen molar-refractivity contribution in [1.29, 1.82) is 0 Å². The maximum absolute atomic E-state index is 5.30. The Labute approximate surface area is 96.7 Å². The van der Waals surface area contributed by atoms with Crippen molar-refractivity contribution < 1.29 is 4.74 Å². The van der Waals surface area contributed by atoms with E-state index in [-0.39, 0.29) is 0 Å². The molecule has 0 aliphatic rings. The van der Waals surface area contributed by atoms with E-state index in [0.717, 1.165) is 5.75 Å². The van der Waals surface area contributed by atoms with Gasteiger partial charge in [-0.25, -0.2) is 0 Å². The molecule has 1 nitrogen and oxygen atoms in total. The second-order valence-electron chi connectivity index (χ2n) is 3.73. The fourth-order valence-electron chi connectivity index (χ4n) is 1.74. The van der Waals surface area contributed by atoms with Crippen LogP contribution in [0.25, 0.3) is 0 Å². The highest BCUT2D eigenvalue weighted by Gasteiger charge is 2.10. The molecule has 2 aromatic rings. The van der Waals surface area contributed by atoms with Crippen LogP contribution in [0.15, 0.2) is 48.5 Å². The van der Waals surface area contributed by atoms with Gasteiger partial charge in [0.05, 0.1) is 23.8 Å². The Morgan fingerprint density at radius 2 is 1.69 bits per heavy atom. The third kappa shape index (κ3) is 2.19. The van der Waals surface area contributed by atoms with Gasteiger partial charge < -0.3 is 4.74 Å². The summed E-state index contributed by atoms with van der Waals surface area (Å²) in [7, 11) is 1.70. The molecule has 2 rings (SSSR count). The second-order valence-corrected chi connectivity index (χ2v) is 3.73. The summed E-state index contributed by atoms with van der Waals surface area (Å²) in [6.07, 6.45) is 2.16. The number of ether oxygens (including phenoxy) is 1. The van der Waals surface area contributed by atoms with E-state index in [2.05, 4.69) is 31.5 Å². The summed E-state index contributed by atoms with van der Waals surface area (Å²) in [5.74, 6) is 0.935. The lowest BCUT2D eigenvalue weighted by molar-refractivity contribution is 0.411. The van der Waals surface area contributed by atoms with Gasteiger partial charge in [-0.3, -0.25) is 0 Å². The summed E-state index contributed by atoms with van der Waals surface area (Å²) >= 11 is 0. The van der Waals surface area contributed by atoms with Crippen molar-refractivity contribution >= 4 is 0 Å². The van der Waals surface area contributed by atoms with E-state index in [1.807, 2.05) is 30.3 Å². The third-order valence-corrected chi connectivity index (χ3v) is 2.67. The molecule has 0 atom stereocenters. The first-order valence-corrected chi connectivity index (χ1v) is 5.34. The minimum Gasteiger partial charge on any atom is -0.489 e. The Morgan fingerprint density at radius 1 is 0.938 bits per heavy atom. The first-order chi connectivity index (χ1) is 7.81. The van der Waals surface area contributed by atoms with E-state index in [9.17, 15) is 0 Å². The summed E-state index contributed by atoms with van der Waals surface area (Å²) in [4.78, 5) is 0. The molecule has 0 spiro atoms. The van der Waals surface area contributed by atoms with Gasteiger partial charge in [0.15, 0.2) is 5.75 Å². The average Bonchev–Trinajstić information content (AvgIpc) is 2.33. The molecule has 0 radical (unpaired) electrons. The number of rotatable bonds is 3. The van der Waals surface area contributed by atoms with Gasteiger partial charge in [0.1, 0.15) is 0 Å². The largest absolute Gasteiger partial charge is 0.489 e. The fraction of sp³-hybridized carbons (Fsp3) is 0.133. The van der Waals surface area contributed by atoms with Crippen molar-refractivity contribution in [2.75, 3.05) is 7.11 Å². The van der Waals surface area contributed by atoms with Gasteiger partial charge in [0.2, 0.25) is 0 Å². The second kappa shape index (κ2) is 4.75. The van der Waals surface area contributed by atoms with E-state index >= 15 is 0 Å². The number of benzene rings is 2. The zero-order chi connectivity index (χ0) is 11.4. The Balaban J connectivity index is 2.28. The van der Waals surface area contributed by atoms with Gasteiger partial charge in [-0.15, -0.1) is 0 Å². The molecule has 16 heavy (non-hydrogen) atoms. The highest BCUT2D eigenvalue weighted by molar-refractivity contribution is 5.47. The van der Waals surface area contributed by atoms with E-state index in [4.69, 9.17) is 4.74 Å². The first-order valence-electron chi connectivity index (χ1n) is 5.34. The molecule has 0 bridgehead atoms. The van der Waals surface area contributed by atoms with Crippen molar-refractivity contribution in [3.8, 4) is 5.75 Å². The van der Waals surface area contributed by atoms with Crippen LogP contribution in [0.4, 0.5) is 0 Å². The van der Waals surface area contributed by atoms with Crippen LogP contribution in [0.5, 0.6) is 5.75 Å². The van der Waals surface area contributed by atoms with Crippen LogP contribution in [-0.2, 0) is 0 Å². The quantitative estimate of drug-likeness (QED) is 0.705. The monoisotopic (exact) mass is 211 g/mol. The minimum atomic E-state index is 0.935. The van der Waals surface area contributed by atoms with E-state index in [1.165, 1.54) is 16.7 Å². The van der Waals surface area contributed by atoms with Gasteiger partial charge >= 0.3 is 0 Å². The van der Waals surface area contributed by atoms with Crippen LogP contribution in [-0.4, -0.2) is 7.11 Å². The maximum Gasteiger partial charge on any atom is 0.156 e. The molecular weight excluding hydrogens is 196 g/mol. The van der Waals surface area contributed by atoms with Crippen molar-refractivity contribution in [3.05, 3.63) is 71.6 Å². The zero-order valence-corrected chi connectivity index (χ0v) is 9.60.